The maximum absolute atomic E-state index is 5.38. The third-order valence-electron chi connectivity index (χ3n) is 3.35. The third-order valence-corrected chi connectivity index (χ3v) is 3.85. The van der Waals surface area contributed by atoms with Gasteiger partial charge in [-0.05, 0) is 48.9 Å². The molecule has 0 saturated carbocycles. The Hall–Kier alpha value is -2.60. The first-order valence-corrected chi connectivity index (χ1v) is 8.20. The van der Waals surface area contributed by atoms with Crippen molar-refractivity contribution >= 4 is 39.1 Å². The van der Waals surface area contributed by atoms with E-state index in [-0.39, 0.29) is 0 Å². The van der Waals surface area contributed by atoms with Gasteiger partial charge in [-0.3, -0.25) is 0 Å². The van der Waals surface area contributed by atoms with Gasteiger partial charge in [0.15, 0.2) is 0 Å². The first-order valence-electron chi connectivity index (χ1n) is 7.41. The molecule has 0 fully saturated rings. The Balaban J connectivity index is 1.82. The van der Waals surface area contributed by atoms with Crippen molar-refractivity contribution in [2.24, 2.45) is 0 Å². The second-order valence-corrected chi connectivity index (χ2v) is 6.15. The number of halogens is 1. The normalized spacial score (nSPS) is 10.3. The number of hydrogen-bond acceptors (Lipinski definition) is 5. The van der Waals surface area contributed by atoms with Crippen LogP contribution in [0.4, 0.5) is 23.1 Å². The van der Waals surface area contributed by atoms with Crippen molar-refractivity contribution in [3.05, 3.63) is 64.8 Å². The van der Waals surface area contributed by atoms with E-state index in [9.17, 15) is 0 Å². The molecule has 0 bridgehead atoms. The van der Waals surface area contributed by atoms with Crippen molar-refractivity contribution < 1.29 is 4.74 Å². The molecule has 5 nitrogen and oxygen atoms in total. The molecular weight excluding hydrogens is 368 g/mol. The van der Waals surface area contributed by atoms with E-state index in [0.29, 0.717) is 11.8 Å². The largest absolute Gasteiger partial charge is 0.495 e. The highest BCUT2D eigenvalue weighted by Gasteiger charge is 2.06. The van der Waals surface area contributed by atoms with Gasteiger partial charge in [0.2, 0.25) is 5.95 Å². The van der Waals surface area contributed by atoms with Crippen LogP contribution in [0.25, 0.3) is 0 Å². The molecule has 3 rings (SSSR count). The van der Waals surface area contributed by atoms with Crippen LogP contribution in [0.3, 0.4) is 0 Å². The average molecular weight is 385 g/mol. The molecule has 24 heavy (non-hydrogen) atoms. The van der Waals surface area contributed by atoms with Crippen LogP contribution in [0, 0.1) is 6.92 Å². The summed E-state index contributed by atoms with van der Waals surface area (Å²) < 4.78 is 6.38. The van der Waals surface area contributed by atoms with E-state index >= 15 is 0 Å². The molecule has 0 unspecified atom stereocenters. The highest BCUT2D eigenvalue weighted by molar-refractivity contribution is 9.10. The Morgan fingerprint density at radius 3 is 2.71 bits per heavy atom. The first-order chi connectivity index (χ1) is 11.6. The molecule has 2 N–H and O–H groups in total. The maximum Gasteiger partial charge on any atom is 0.229 e. The molecule has 0 aliphatic carbocycles. The highest BCUT2D eigenvalue weighted by Crippen LogP contribution is 2.28. The van der Waals surface area contributed by atoms with Crippen LogP contribution in [0.5, 0.6) is 5.75 Å². The minimum absolute atomic E-state index is 0.518. The number of aryl methyl sites for hydroxylation is 1. The van der Waals surface area contributed by atoms with Gasteiger partial charge in [-0.1, -0.05) is 28.1 Å². The van der Waals surface area contributed by atoms with Crippen molar-refractivity contribution in [1.82, 2.24) is 9.97 Å². The summed E-state index contributed by atoms with van der Waals surface area (Å²) >= 11 is 3.45. The smallest absolute Gasteiger partial charge is 0.229 e. The number of ether oxygens (including phenoxy) is 1. The third kappa shape index (κ3) is 4.02. The van der Waals surface area contributed by atoms with E-state index in [1.165, 1.54) is 0 Å². The van der Waals surface area contributed by atoms with Crippen LogP contribution in [-0.2, 0) is 0 Å². The first kappa shape index (κ1) is 16.3. The molecule has 0 amide bonds. The molecule has 122 valence electrons. The number of nitrogens with one attached hydrogen (secondary N) is 2. The fraction of sp³-hybridized carbons (Fsp3) is 0.111. The summed E-state index contributed by atoms with van der Waals surface area (Å²) in [6.45, 7) is 2.03. The fourth-order valence-corrected chi connectivity index (χ4v) is 2.64. The number of methoxy groups -OCH3 is 1. The van der Waals surface area contributed by atoms with Gasteiger partial charge in [-0.2, -0.15) is 4.98 Å². The molecule has 1 aromatic heterocycles. The van der Waals surface area contributed by atoms with E-state index in [1.807, 2.05) is 55.5 Å². The summed E-state index contributed by atoms with van der Waals surface area (Å²) in [6, 6.07) is 15.6. The Bertz CT molecular complexity index is 854. The summed E-state index contributed by atoms with van der Waals surface area (Å²) in [5, 5.41) is 6.46. The zero-order chi connectivity index (χ0) is 16.9. The number of nitrogens with zero attached hydrogens (tertiary/aromatic N) is 2. The summed E-state index contributed by atoms with van der Waals surface area (Å²) in [5.74, 6) is 1.97. The van der Waals surface area contributed by atoms with Crippen molar-refractivity contribution in [3.8, 4) is 5.75 Å². The van der Waals surface area contributed by atoms with E-state index < -0.39 is 0 Å². The molecule has 0 aliphatic heterocycles. The minimum Gasteiger partial charge on any atom is -0.495 e. The predicted molar refractivity (Wildman–Crippen MR) is 100 cm³/mol. The Morgan fingerprint density at radius 2 is 1.92 bits per heavy atom. The number of rotatable bonds is 5. The van der Waals surface area contributed by atoms with E-state index in [2.05, 4.69) is 36.5 Å². The summed E-state index contributed by atoms with van der Waals surface area (Å²) in [5.41, 5.74) is 2.92. The highest BCUT2D eigenvalue weighted by atomic mass is 79.9. The number of benzene rings is 2. The summed E-state index contributed by atoms with van der Waals surface area (Å²) in [7, 11) is 1.65. The van der Waals surface area contributed by atoms with Crippen molar-refractivity contribution in [2.45, 2.75) is 6.92 Å². The Labute approximate surface area is 149 Å². The Kier molecular flexibility index (Phi) is 4.96. The molecule has 3 aromatic rings. The molecular formula is C18H17BrN4O. The molecule has 6 heteroatoms. The second-order valence-electron chi connectivity index (χ2n) is 5.23. The minimum atomic E-state index is 0.518. The number of anilines is 4. The topological polar surface area (TPSA) is 59.1 Å². The van der Waals surface area contributed by atoms with Gasteiger partial charge in [-0.25, -0.2) is 4.98 Å². The standard InChI is InChI=1S/C18H17BrN4O/c1-12-6-7-16(24-2)15(10-12)22-17-8-9-20-18(23-17)21-14-5-3-4-13(19)11-14/h3-11H,1-2H3,(H2,20,21,22,23). The second kappa shape index (κ2) is 7.31. The maximum atomic E-state index is 5.38. The summed E-state index contributed by atoms with van der Waals surface area (Å²) in [4.78, 5) is 8.75. The lowest BCUT2D eigenvalue weighted by Gasteiger charge is -2.12. The van der Waals surface area contributed by atoms with Crippen LogP contribution in [0.15, 0.2) is 59.2 Å². The van der Waals surface area contributed by atoms with E-state index in [0.717, 1.165) is 27.2 Å². The number of hydrogen-bond donors (Lipinski definition) is 2. The predicted octanol–water partition coefficient (Wildman–Crippen LogP) is 5.04. The molecule has 0 radical (unpaired) electrons. The molecule has 1 heterocycles. The van der Waals surface area contributed by atoms with Gasteiger partial charge in [0, 0.05) is 16.4 Å². The summed E-state index contributed by atoms with van der Waals surface area (Å²) in [6.07, 6.45) is 1.71. The van der Waals surface area contributed by atoms with Gasteiger partial charge in [-0.15, -0.1) is 0 Å². The van der Waals surface area contributed by atoms with Crippen LogP contribution >= 0.6 is 15.9 Å². The quantitative estimate of drug-likeness (QED) is 0.644. The van der Waals surface area contributed by atoms with Crippen molar-refractivity contribution in [1.29, 1.82) is 0 Å². The lowest BCUT2D eigenvalue weighted by molar-refractivity contribution is 0.416. The van der Waals surface area contributed by atoms with Gasteiger partial charge >= 0.3 is 0 Å². The van der Waals surface area contributed by atoms with Crippen molar-refractivity contribution in [3.63, 3.8) is 0 Å². The number of aromatic nitrogens is 2. The Morgan fingerprint density at radius 1 is 1.04 bits per heavy atom. The molecule has 0 spiro atoms. The lowest BCUT2D eigenvalue weighted by atomic mass is 10.2. The van der Waals surface area contributed by atoms with Gasteiger partial charge in [0.05, 0.1) is 12.8 Å². The molecule has 2 aromatic carbocycles. The SMILES string of the molecule is COc1ccc(C)cc1Nc1ccnc(Nc2cccc(Br)c2)n1. The molecule has 0 aliphatic rings. The van der Waals surface area contributed by atoms with Gasteiger partial charge in [0.1, 0.15) is 11.6 Å². The van der Waals surface area contributed by atoms with Crippen LogP contribution in [0.2, 0.25) is 0 Å². The lowest BCUT2D eigenvalue weighted by Crippen LogP contribution is -2.01. The van der Waals surface area contributed by atoms with Crippen LogP contribution in [-0.4, -0.2) is 17.1 Å². The van der Waals surface area contributed by atoms with Crippen LogP contribution in [0.1, 0.15) is 5.56 Å². The average Bonchev–Trinajstić information content (AvgIpc) is 2.55. The van der Waals surface area contributed by atoms with Crippen LogP contribution < -0.4 is 15.4 Å². The van der Waals surface area contributed by atoms with E-state index in [4.69, 9.17) is 4.74 Å². The van der Waals surface area contributed by atoms with Crippen molar-refractivity contribution in [2.75, 3.05) is 17.7 Å². The van der Waals surface area contributed by atoms with E-state index in [1.54, 1.807) is 13.3 Å². The monoisotopic (exact) mass is 384 g/mol. The molecule has 0 atom stereocenters. The van der Waals surface area contributed by atoms with Gasteiger partial charge in [0.25, 0.3) is 0 Å². The zero-order valence-electron chi connectivity index (χ0n) is 13.4. The zero-order valence-corrected chi connectivity index (χ0v) is 15.0. The fourth-order valence-electron chi connectivity index (χ4n) is 2.24. The van der Waals surface area contributed by atoms with Gasteiger partial charge < -0.3 is 15.4 Å². The molecule has 0 saturated heterocycles.